The molecule has 8 aromatic carbocycles. The molecule has 0 unspecified atom stereocenters. The number of rotatable bonds is 6. The first-order valence-corrected chi connectivity index (χ1v) is 18.0. The third-order valence-corrected chi connectivity index (χ3v) is 10.3. The smallest absolute Gasteiger partial charge is 0.227 e. The van der Waals surface area contributed by atoms with E-state index in [0.29, 0.717) is 11.5 Å². The maximum Gasteiger partial charge on any atom is 0.227 e. The molecule has 254 valence electrons. The molecule has 54 heavy (non-hydrogen) atoms. The Morgan fingerprint density at radius 2 is 0.944 bits per heavy atom. The summed E-state index contributed by atoms with van der Waals surface area (Å²) in [6, 6.07) is 62.9. The van der Waals surface area contributed by atoms with Crippen LogP contribution in [0.1, 0.15) is 0 Å². The van der Waals surface area contributed by atoms with Crippen LogP contribution in [0.5, 0.6) is 0 Å². The number of hydrogen-bond acceptors (Lipinski definition) is 5. The molecular weight excluding hydrogens is 665 g/mol. The van der Waals surface area contributed by atoms with Crippen molar-refractivity contribution in [1.82, 2.24) is 4.98 Å². The van der Waals surface area contributed by atoms with E-state index in [1.807, 2.05) is 60.7 Å². The van der Waals surface area contributed by atoms with Crippen LogP contribution in [0.3, 0.4) is 0 Å². The predicted octanol–water partition coefficient (Wildman–Crippen LogP) is 14.1. The van der Waals surface area contributed by atoms with Gasteiger partial charge in [-0.15, -0.1) is 0 Å². The topological polar surface area (TPSA) is 55.6 Å². The lowest BCUT2D eigenvalue weighted by molar-refractivity contribution is 0.617. The lowest BCUT2D eigenvalue weighted by Gasteiger charge is -2.26. The molecule has 5 heteroatoms. The average molecular weight is 695 g/mol. The fraction of sp³-hybridized carbons (Fsp3) is 0. The maximum absolute atomic E-state index is 6.40. The number of fused-ring (bicyclic) bond motifs is 7. The molecule has 0 radical (unpaired) electrons. The molecule has 0 aliphatic rings. The van der Waals surface area contributed by atoms with Gasteiger partial charge >= 0.3 is 0 Å². The van der Waals surface area contributed by atoms with Gasteiger partial charge in [-0.3, -0.25) is 0 Å². The number of furan rings is 2. The van der Waals surface area contributed by atoms with E-state index < -0.39 is 0 Å². The van der Waals surface area contributed by atoms with Crippen molar-refractivity contribution >= 4 is 72.0 Å². The molecule has 0 bridgehead atoms. The Labute approximate surface area is 309 Å². The van der Waals surface area contributed by atoms with E-state index in [-0.39, 0.29) is 0 Å². The summed E-state index contributed by atoms with van der Waals surface area (Å²) in [6.07, 6.45) is 0. The summed E-state index contributed by atoms with van der Waals surface area (Å²) < 4.78 is 18.8. The number of anilines is 3. The van der Waals surface area contributed by atoms with Crippen molar-refractivity contribution in [3.63, 3.8) is 0 Å². The Hall–Kier alpha value is -7.37. The normalized spacial score (nSPS) is 11.7. The zero-order valence-electron chi connectivity index (χ0n) is 28.9. The van der Waals surface area contributed by atoms with Crippen LogP contribution in [0.4, 0.5) is 17.1 Å². The fourth-order valence-corrected chi connectivity index (χ4v) is 7.72. The Balaban J connectivity index is 1.04. The third-order valence-electron chi connectivity index (χ3n) is 10.3. The summed E-state index contributed by atoms with van der Waals surface area (Å²) in [5.41, 5.74) is 13.5. The highest BCUT2D eigenvalue weighted by Gasteiger charge is 2.19. The molecule has 0 aliphatic carbocycles. The average Bonchev–Trinajstić information content (AvgIpc) is 3.94. The van der Waals surface area contributed by atoms with Crippen molar-refractivity contribution in [3.05, 3.63) is 182 Å². The molecule has 3 heterocycles. The lowest BCUT2D eigenvalue weighted by atomic mass is 9.99. The van der Waals surface area contributed by atoms with E-state index in [1.165, 1.54) is 5.56 Å². The highest BCUT2D eigenvalue weighted by Crippen LogP contribution is 2.42. The van der Waals surface area contributed by atoms with Crippen molar-refractivity contribution < 1.29 is 13.3 Å². The van der Waals surface area contributed by atoms with Gasteiger partial charge in [0, 0.05) is 50.2 Å². The molecule has 0 N–H and O–H groups in total. The number of hydrogen-bond donors (Lipinski definition) is 0. The van der Waals surface area contributed by atoms with E-state index >= 15 is 0 Å². The van der Waals surface area contributed by atoms with Crippen molar-refractivity contribution in [2.75, 3.05) is 4.90 Å². The molecule has 0 aliphatic heterocycles. The van der Waals surface area contributed by atoms with E-state index in [0.717, 1.165) is 88.7 Å². The minimum atomic E-state index is 0.592. The van der Waals surface area contributed by atoms with Gasteiger partial charge in [0.05, 0.1) is 0 Å². The largest absolute Gasteiger partial charge is 0.456 e. The summed E-state index contributed by atoms with van der Waals surface area (Å²) in [5.74, 6) is 0.592. The zero-order valence-corrected chi connectivity index (χ0v) is 28.9. The zero-order chi connectivity index (χ0) is 35.6. The molecule has 11 rings (SSSR count). The summed E-state index contributed by atoms with van der Waals surface area (Å²) in [7, 11) is 0. The molecule has 5 nitrogen and oxygen atoms in total. The van der Waals surface area contributed by atoms with Crippen molar-refractivity contribution in [2.45, 2.75) is 0 Å². The standard InChI is InChI=1S/C49H30N2O3/c1-3-10-31(11-4-1)32-18-22-35(23-19-32)51(36-24-20-33(21-25-36)38-15-9-17-45-48(38)39-14-7-8-16-43(39)52-45)37-26-27-44-40(28-37)41-29-42-47(30-46(41)53-44)54-49(50-42)34-12-5-2-6-13-34/h1-30H. The van der Waals surface area contributed by atoms with Crippen LogP contribution in [0.15, 0.2) is 195 Å². The van der Waals surface area contributed by atoms with Crippen LogP contribution in [0.2, 0.25) is 0 Å². The van der Waals surface area contributed by atoms with E-state index in [2.05, 4.69) is 126 Å². The van der Waals surface area contributed by atoms with Crippen LogP contribution in [-0.4, -0.2) is 4.98 Å². The molecule has 0 saturated heterocycles. The van der Waals surface area contributed by atoms with Gasteiger partial charge in [-0.1, -0.05) is 103 Å². The van der Waals surface area contributed by atoms with Gasteiger partial charge < -0.3 is 18.2 Å². The maximum atomic E-state index is 6.40. The number of benzene rings is 8. The van der Waals surface area contributed by atoms with Crippen LogP contribution >= 0.6 is 0 Å². The number of nitrogens with zero attached hydrogens (tertiary/aromatic N) is 2. The van der Waals surface area contributed by atoms with Gasteiger partial charge in [-0.2, -0.15) is 0 Å². The summed E-state index contributed by atoms with van der Waals surface area (Å²) in [4.78, 5) is 7.14. The number of oxazole rings is 1. The number of para-hydroxylation sites is 1. The highest BCUT2D eigenvalue weighted by atomic mass is 16.4. The van der Waals surface area contributed by atoms with Gasteiger partial charge in [0.2, 0.25) is 5.89 Å². The van der Waals surface area contributed by atoms with Crippen molar-refractivity contribution in [2.24, 2.45) is 0 Å². The summed E-state index contributed by atoms with van der Waals surface area (Å²) in [6.45, 7) is 0. The Morgan fingerprint density at radius 3 is 1.72 bits per heavy atom. The van der Waals surface area contributed by atoms with Gasteiger partial charge in [-0.25, -0.2) is 4.98 Å². The highest BCUT2D eigenvalue weighted by molar-refractivity contribution is 6.13. The van der Waals surface area contributed by atoms with E-state index in [1.54, 1.807) is 0 Å². The minimum Gasteiger partial charge on any atom is -0.456 e. The van der Waals surface area contributed by atoms with E-state index in [9.17, 15) is 0 Å². The lowest BCUT2D eigenvalue weighted by Crippen LogP contribution is -2.09. The van der Waals surface area contributed by atoms with Crippen LogP contribution in [0.25, 0.3) is 88.7 Å². The quantitative estimate of drug-likeness (QED) is 0.173. The Bertz CT molecular complexity index is 3140. The van der Waals surface area contributed by atoms with Crippen LogP contribution in [-0.2, 0) is 0 Å². The second-order valence-electron chi connectivity index (χ2n) is 13.6. The fourth-order valence-electron chi connectivity index (χ4n) is 7.72. The summed E-state index contributed by atoms with van der Waals surface area (Å²) in [5, 5.41) is 4.24. The monoisotopic (exact) mass is 694 g/mol. The first kappa shape index (κ1) is 30.3. The number of aromatic nitrogens is 1. The van der Waals surface area contributed by atoms with Gasteiger partial charge in [0.1, 0.15) is 27.8 Å². The van der Waals surface area contributed by atoms with E-state index in [4.69, 9.17) is 18.2 Å². The molecule has 0 amide bonds. The van der Waals surface area contributed by atoms with Crippen LogP contribution < -0.4 is 4.90 Å². The Kier molecular flexibility index (Phi) is 6.79. The van der Waals surface area contributed by atoms with Crippen molar-refractivity contribution in [1.29, 1.82) is 0 Å². The summed E-state index contributed by atoms with van der Waals surface area (Å²) >= 11 is 0. The molecule has 0 atom stereocenters. The molecule has 0 saturated carbocycles. The second kappa shape index (κ2) is 12.1. The van der Waals surface area contributed by atoms with Crippen molar-refractivity contribution in [3.8, 4) is 33.7 Å². The van der Waals surface area contributed by atoms with Gasteiger partial charge in [0.25, 0.3) is 0 Å². The van der Waals surface area contributed by atoms with Gasteiger partial charge in [0.15, 0.2) is 5.58 Å². The SMILES string of the molecule is c1ccc(-c2ccc(N(c3ccc(-c4cccc5oc6ccccc6c45)cc3)c3ccc4oc5cc6oc(-c7ccccc7)nc6cc5c4c3)cc2)cc1. The minimum absolute atomic E-state index is 0.592. The van der Waals surface area contributed by atoms with Crippen LogP contribution in [0, 0.1) is 0 Å². The second-order valence-corrected chi connectivity index (χ2v) is 13.6. The molecule has 3 aromatic heterocycles. The first-order chi connectivity index (χ1) is 26.7. The Morgan fingerprint density at radius 1 is 0.352 bits per heavy atom. The molecular formula is C49H30N2O3. The molecule has 11 aromatic rings. The third kappa shape index (κ3) is 4.98. The molecule has 0 fully saturated rings. The predicted molar refractivity (Wildman–Crippen MR) is 220 cm³/mol. The first-order valence-electron chi connectivity index (χ1n) is 18.0. The molecule has 0 spiro atoms. The van der Waals surface area contributed by atoms with Gasteiger partial charge in [-0.05, 0) is 95.1 Å².